The van der Waals surface area contributed by atoms with Gasteiger partial charge in [-0.15, -0.1) is 0 Å². The predicted octanol–water partition coefficient (Wildman–Crippen LogP) is 4.74. The molecule has 0 spiro atoms. The Morgan fingerprint density at radius 2 is 1.73 bits per heavy atom. The zero-order valence-electron chi connectivity index (χ0n) is 12.3. The van der Waals surface area contributed by atoms with Gasteiger partial charge in [-0.05, 0) is 34.5 Å². The molecule has 0 aliphatic carbocycles. The van der Waals surface area contributed by atoms with Crippen LogP contribution in [-0.2, 0) is 0 Å². The molecule has 0 heterocycles. The lowest BCUT2D eigenvalue weighted by atomic mass is 10.0. The number of fused-ring (bicyclic) bond motifs is 1. The molecule has 108 valence electrons. The maximum atomic E-state index is 12.5. The average Bonchev–Trinajstić information content (AvgIpc) is 2.59. The highest BCUT2D eigenvalue weighted by Crippen LogP contribution is 2.20. The molecule has 0 aromatic heterocycles. The van der Waals surface area contributed by atoms with Crippen molar-refractivity contribution in [2.24, 2.45) is 0 Å². The third-order valence-corrected chi connectivity index (χ3v) is 3.58. The standard InChI is InChI=1S/C20H16O2/c1-22-17-9-4-6-15(14-17)12-13-20(21)19-11-5-8-16-7-2-3-10-18(16)19/h2-14H,1H3/b13-12+. The lowest BCUT2D eigenvalue weighted by Gasteiger charge is -2.03. The Bertz CT molecular complexity index is 842. The molecular formula is C20H16O2. The van der Waals surface area contributed by atoms with E-state index in [9.17, 15) is 4.79 Å². The summed E-state index contributed by atoms with van der Waals surface area (Å²) in [6.07, 6.45) is 3.42. The average molecular weight is 288 g/mol. The minimum Gasteiger partial charge on any atom is -0.497 e. The Hall–Kier alpha value is -2.87. The smallest absolute Gasteiger partial charge is 0.186 e. The number of carbonyl (C=O) groups is 1. The van der Waals surface area contributed by atoms with Crippen LogP contribution in [0.25, 0.3) is 16.8 Å². The van der Waals surface area contributed by atoms with Crippen LogP contribution in [0.1, 0.15) is 15.9 Å². The molecule has 0 unspecified atom stereocenters. The van der Waals surface area contributed by atoms with Gasteiger partial charge in [0, 0.05) is 5.56 Å². The number of hydrogen-bond donors (Lipinski definition) is 0. The highest BCUT2D eigenvalue weighted by molar-refractivity contribution is 6.14. The van der Waals surface area contributed by atoms with E-state index in [2.05, 4.69) is 0 Å². The summed E-state index contributed by atoms with van der Waals surface area (Å²) in [6.45, 7) is 0. The molecule has 2 nitrogen and oxygen atoms in total. The fourth-order valence-corrected chi connectivity index (χ4v) is 2.45. The van der Waals surface area contributed by atoms with Crippen LogP contribution in [-0.4, -0.2) is 12.9 Å². The minimum atomic E-state index is -0.000352. The van der Waals surface area contributed by atoms with E-state index in [1.165, 1.54) is 0 Å². The second-order valence-corrected chi connectivity index (χ2v) is 5.00. The number of rotatable bonds is 4. The summed E-state index contributed by atoms with van der Waals surface area (Å²) in [5, 5.41) is 2.05. The molecule has 22 heavy (non-hydrogen) atoms. The second-order valence-electron chi connectivity index (χ2n) is 5.00. The number of ether oxygens (including phenoxy) is 1. The molecule has 0 amide bonds. The van der Waals surface area contributed by atoms with Gasteiger partial charge in [-0.25, -0.2) is 0 Å². The number of benzene rings is 3. The molecule has 0 saturated carbocycles. The number of ketones is 1. The highest BCUT2D eigenvalue weighted by atomic mass is 16.5. The van der Waals surface area contributed by atoms with Crippen molar-refractivity contribution in [3.63, 3.8) is 0 Å². The van der Waals surface area contributed by atoms with Gasteiger partial charge < -0.3 is 4.74 Å². The van der Waals surface area contributed by atoms with Gasteiger partial charge in [0.05, 0.1) is 7.11 Å². The Balaban J connectivity index is 1.91. The van der Waals surface area contributed by atoms with Crippen molar-refractivity contribution < 1.29 is 9.53 Å². The van der Waals surface area contributed by atoms with E-state index in [1.54, 1.807) is 13.2 Å². The van der Waals surface area contributed by atoms with Gasteiger partial charge in [0.25, 0.3) is 0 Å². The van der Waals surface area contributed by atoms with Crippen LogP contribution in [0.4, 0.5) is 0 Å². The fourth-order valence-electron chi connectivity index (χ4n) is 2.45. The normalized spacial score (nSPS) is 11.0. The number of carbonyl (C=O) groups excluding carboxylic acids is 1. The summed E-state index contributed by atoms with van der Waals surface area (Å²) < 4.78 is 5.19. The van der Waals surface area contributed by atoms with Crippen molar-refractivity contribution in [3.05, 3.63) is 83.9 Å². The highest BCUT2D eigenvalue weighted by Gasteiger charge is 2.06. The van der Waals surface area contributed by atoms with Crippen molar-refractivity contribution in [1.29, 1.82) is 0 Å². The van der Waals surface area contributed by atoms with Crippen LogP contribution in [0, 0.1) is 0 Å². The Kier molecular flexibility index (Phi) is 4.01. The molecule has 0 aliphatic rings. The zero-order chi connectivity index (χ0) is 15.4. The summed E-state index contributed by atoms with van der Waals surface area (Å²) in [5.41, 5.74) is 1.66. The first-order valence-electron chi connectivity index (χ1n) is 7.12. The maximum absolute atomic E-state index is 12.5. The minimum absolute atomic E-state index is 0.000352. The number of methoxy groups -OCH3 is 1. The third-order valence-electron chi connectivity index (χ3n) is 3.58. The Morgan fingerprint density at radius 1 is 0.955 bits per heavy atom. The van der Waals surface area contributed by atoms with Crippen LogP contribution < -0.4 is 4.74 Å². The van der Waals surface area contributed by atoms with Crippen molar-refractivity contribution in [2.75, 3.05) is 7.11 Å². The molecule has 3 rings (SSSR count). The molecular weight excluding hydrogens is 272 g/mol. The largest absolute Gasteiger partial charge is 0.497 e. The number of allylic oxidation sites excluding steroid dienone is 1. The van der Waals surface area contributed by atoms with Crippen molar-refractivity contribution in [1.82, 2.24) is 0 Å². The van der Waals surface area contributed by atoms with Crippen molar-refractivity contribution in [3.8, 4) is 5.75 Å². The summed E-state index contributed by atoms with van der Waals surface area (Å²) >= 11 is 0. The maximum Gasteiger partial charge on any atom is 0.186 e. The Labute approximate surface area is 129 Å². The summed E-state index contributed by atoms with van der Waals surface area (Å²) in [5.74, 6) is 0.777. The van der Waals surface area contributed by atoms with Gasteiger partial charge in [0.15, 0.2) is 5.78 Å². The van der Waals surface area contributed by atoms with E-state index in [4.69, 9.17) is 4.74 Å². The van der Waals surface area contributed by atoms with E-state index in [0.717, 1.165) is 27.6 Å². The Morgan fingerprint density at radius 3 is 2.59 bits per heavy atom. The van der Waals surface area contributed by atoms with Crippen LogP contribution in [0.15, 0.2) is 72.8 Å². The topological polar surface area (TPSA) is 26.3 Å². The SMILES string of the molecule is COc1cccc(/C=C/C(=O)c2cccc3ccccc23)c1. The first kappa shape index (κ1) is 14.1. The van der Waals surface area contributed by atoms with Crippen LogP contribution in [0.3, 0.4) is 0 Å². The second kappa shape index (κ2) is 6.27. The van der Waals surface area contributed by atoms with E-state index in [-0.39, 0.29) is 5.78 Å². The molecule has 3 aromatic rings. The lowest BCUT2D eigenvalue weighted by molar-refractivity contribution is 0.104. The monoisotopic (exact) mass is 288 g/mol. The van der Waals surface area contributed by atoms with Crippen molar-refractivity contribution in [2.45, 2.75) is 0 Å². The molecule has 0 radical (unpaired) electrons. The first-order chi connectivity index (χ1) is 10.8. The number of hydrogen-bond acceptors (Lipinski definition) is 2. The first-order valence-corrected chi connectivity index (χ1v) is 7.12. The van der Waals surface area contributed by atoms with Crippen LogP contribution in [0.2, 0.25) is 0 Å². The summed E-state index contributed by atoms with van der Waals surface area (Å²) in [7, 11) is 1.63. The van der Waals surface area contributed by atoms with E-state index in [0.29, 0.717) is 0 Å². The zero-order valence-corrected chi connectivity index (χ0v) is 12.3. The molecule has 2 heteroatoms. The quantitative estimate of drug-likeness (QED) is 0.512. The molecule has 3 aromatic carbocycles. The van der Waals surface area contributed by atoms with Crippen molar-refractivity contribution >= 4 is 22.6 Å². The molecule has 0 N–H and O–H groups in total. The summed E-state index contributed by atoms with van der Waals surface area (Å²) in [4.78, 5) is 12.5. The van der Waals surface area contributed by atoms with Gasteiger partial charge >= 0.3 is 0 Å². The summed E-state index contributed by atoms with van der Waals surface area (Å²) in [6, 6.07) is 21.3. The van der Waals surface area contributed by atoms with Gasteiger partial charge in [-0.3, -0.25) is 4.79 Å². The predicted molar refractivity (Wildman–Crippen MR) is 90.3 cm³/mol. The van der Waals surface area contributed by atoms with Gasteiger partial charge in [-0.2, -0.15) is 0 Å². The van der Waals surface area contributed by atoms with Gasteiger partial charge in [-0.1, -0.05) is 60.7 Å². The van der Waals surface area contributed by atoms with E-state index < -0.39 is 0 Å². The van der Waals surface area contributed by atoms with Gasteiger partial charge in [0.1, 0.15) is 5.75 Å². The van der Waals surface area contributed by atoms with E-state index in [1.807, 2.05) is 72.8 Å². The third kappa shape index (κ3) is 2.91. The molecule has 0 bridgehead atoms. The lowest BCUT2D eigenvalue weighted by Crippen LogP contribution is -1.95. The molecule has 0 fully saturated rings. The van der Waals surface area contributed by atoms with Crippen LogP contribution in [0.5, 0.6) is 5.75 Å². The van der Waals surface area contributed by atoms with Crippen LogP contribution >= 0.6 is 0 Å². The molecule has 0 atom stereocenters. The molecule has 0 aliphatic heterocycles. The van der Waals surface area contributed by atoms with Gasteiger partial charge in [0.2, 0.25) is 0 Å². The van der Waals surface area contributed by atoms with E-state index >= 15 is 0 Å². The fraction of sp³-hybridized carbons (Fsp3) is 0.0500. The molecule has 0 saturated heterocycles.